The number of allylic oxidation sites excluding steroid dienone is 4. The third kappa shape index (κ3) is 2.24. The van der Waals surface area contributed by atoms with Crippen LogP contribution in [0.1, 0.15) is 18.9 Å². The Kier molecular flexibility index (Phi) is 2.82. The predicted molar refractivity (Wildman–Crippen MR) is 61.6 cm³/mol. The smallest absolute Gasteiger partial charge is 0.146 e. The minimum Gasteiger partial charge on any atom is -0.298 e. The highest BCUT2D eigenvalue weighted by molar-refractivity contribution is 5.77. The van der Waals surface area contributed by atoms with Crippen molar-refractivity contribution in [1.29, 1.82) is 0 Å². The van der Waals surface area contributed by atoms with Crippen molar-refractivity contribution in [3.05, 3.63) is 58.7 Å². The monoisotopic (exact) mass is 198 g/mol. The van der Waals surface area contributed by atoms with E-state index >= 15 is 0 Å². The highest BCUT2D eigenvalue weighted by atomic mass is 16.1. The molecule has 0 bridgehead atoms. The molecule has 1 aliphatic carbocycles. The van der Waals surface area contributed by atoms with E-state index in [1.54, 1.807) is 0 Å². The average Bonchev–Trinajstić information content (AvgIpc) is 2.61. The Morgan fingerprint density at radius 2 is 2.00 bits per heavy atom. The molecular formula is C14H14O. The van der Waals surface area contributed by atoms with Gasteiger partial charge in [-0.15, -0.1) is 0 Å². The Bertz CT molecular complexity index is 424. The van der Waals surface area contributed by atoms with Gasteiger partial charge in [0.25, 0.3) is 0 Å². The Balaban J connectivity index is 2.16. The van der Waals surface area contributed by atoms with Gasteiger partial charge in [0.1, 0.15) is 6.29 Å². The fourth-order valence-electron chi connectivity index (χ4n) is 1.91. The minimum absolute atomic E-state index is 0.825. The SMILES string of the molecule is CC1=C(Cc2ccccc2)C=C(C=O)C1. The van der Waals surface area contributed by atoms with E-state index in [2.05, 4.69) is 19.1 Å². The van der Waals surface area contributed by atoms with Crippen LogP contribution in [-0.2, 0) is 11.2 Å². The van der Waals surface area contributed by atoms with Gasteiger partial charge in [0.2, 0.25) is 0 Å². The van der Waals surface area contributed by atoms with E-state index in [1.165, 1.54) is 16.7 Å². The standard InChI is InChI=1S/C14H14O/c1-11-7-13(10-15)9-14(11)8-12-5-3-2-4-6-12/h2-6,9-10H,7-8H2,1H3. The fraction of sp³-hybridized carbons (Fsp3) is 0.214. The Morgan fingerprint density at radius 3 is 2.60 bits per heavy atom. The lowest BCUT2D eigenvalue weighted by Gasteiger charge is -2.02. The molecule has 0 atom stereocenters. The number of benzene rings is 1. The molecule has 2 rings (SSSR count). The van der Waals surface area contributed by atoms with Gasteiger partial charge in [-0.05, 0) is 36.5 Å². The summed E-state index contributed by atoms with van der Waals surface area (Å²) < 4.78 is 0. The van der Waals surface area contributed by atoms with E-state index in [-0.39, 0.29) is 0 Å². The molecule has 0 aromatic heterocycles. The van der Waals surface area contributed by atoms with Gasteiger partial charge >= 0.3 is 0 Å². The molecule has 1 aromatic rings. The van der Waals surface area contributed by atoms with Crippen molar-refractivity contribution in [2.24, 2.45) is 0 Å². The Morgan fingerprint density at radius 1 is 1.27 bits per heavy atom. The second-order valence-electron chi connectivity index (χ2n) is 3.98. The van der Waals surface area contributed by atoms with E-state index < -0.39 is 0 Å². The maximum atomic E-state index is 10.7. The Hall–Kier alpha value is -1.63. The van der Waals surface area contributed by atoms with Crippen molar-refractivity contribution in [2.45, 2.75) is 19.8 Å². The zero-order chi connectivity index (χ0) is 10.7. The number of carbonyl (C=O) groups is 1. The van der Waals surface area contributed by atoms with Crippen LogP contribution >= 0.6 is 0 Å². The Labute approximate surface area is 90.1 Å². The molecule has 0 saturated carbocycles. The van der Waals surface area contributed by atoms with Crippen LogP contribution in [0.5, 0.6) is 0 Å². The molecule has 0 aliphatic heterocycles. The van der Waals surface area contributed by atoms with Crippen LogP contribution in [0.4, 0.5) is 0 Å². The minimum atomic E-state index is 0.825. The predicted octanol–water partition coefficient (Wildman–Crippen LogP) is 3.07. The molecule has 0 fully saturated rings. The fourth-order valence-corrected chi connectivity index (χ4v) is 1.91. The molecule has 0 amide bonds. The molecule has 0 saturated heterocycles. The summed E-state index contributed by atoms with van der Waals surface area (Å²) in [6.07, 6.45) is 4.74. The van der Waals surface area contributed by atoms with Crippen molar-refractivity contribution < 1.29 is 4.79 Å². The van der Waals surface area contributed by atoms with Gasteiger partial charge in [-0.1, -0.05) is 42.0 Å². The topological polar surface area (TPSA) is 17.1 Å². The molecule has 1 aliphatic rings. The number of rotatable bonds is 3. The largest absolute Gasteiger partial charge is 0.298 e. The van der Waals surface area contributed by atoms with Crippen molar-refractivity contribution in [2.75, 3.05) is 0 Å². The number of carbonyl (C=O) groups excluding carboxylic acids is 1. The maximum absolute atomic E-state index is 10.7. The molecule has 1 aromatic carbocycles. The molecular weight excluding hydrogens is 184 g/mol. The summed E-state index contributed by atoms with van der Waals surface area (Å²) in [5.41, 5.74) is 4.82. The van der Waals surface area contributed by atoms with Gasteiger partial charge in [-0.2, -0.15) is 0 Å². The second-order valence-corrected chi connectivity index (χ2v) is 3.98. The molecule has 1 nitrogen and oxygen atoms in total. The van der Waals surface area contributed by atoms with Crippen molar-refractivity contribution in [3.63, 3.8) is 0 Å². The third-order valence-electron chi connectivity index (χ3n) is 2.77. The van der Waals surface area contributed by atoms with Gasteiger partial charge in [-0.3, -0.25) is 4.79 Å². The summed E-state index contributed by atoms with van der Waals surface area (Å²) in [6, 6.07) is 10.3. The molecule has 1 heteroatoms. The van der Waals surface area contributed by atoms with Crippen LogP contribution < -0.4 is 0 Å². The van der Waals surface area contributed by atoms with Crippen molar-refractivity contribution >= 4 is 6.29 Å². The summed E-state index contributed by atoms with van der Waals surface area (Å²) in [5, 5.41) is 0. The third-order valence-corrected chi connectivity index (χ3v) is 2.77. The quantitative estimate of drug-likeness (QED) is 0.682. The zero-order valence-corrected chi connectivity index (χ0v) is 8.86. The van der Waals surface area contributed by atoms with Crippen LogP contribution in [0.15, 0.2) is 53.1 Å². The lowest BCUT2D eigenvalue weighted by atomic mass is 10.0. The molecule has 15 heavy (non-hydrogen) atoms. The molecule has 0 spiro atoms. The first-order valence-corrected chi connectivity index (χ1v) is 5.18. The van der Waals surface area contributed by atoms with Crippen LogP contribution in [-0.4, -0.2) is 6.29 Å². The second kappa shape index (κ2) is 4.26. The highest BCUT2D eigenvalue weighted by Gasteiger charge is 2.11. The first kappa shape index (κ1) is 9.91. The summed E-state index contributed by atoms with van der Waals surface area (Å²) in [4.78, 5) is 10.7. The van der Waals surface area contributed by atoms with Crippen LogP contribution in [0.25, 0.3) is 0 Å². The normalized spacial score (nSPS) is 15.4. The first-order valence-electron chi connectivity index (χ1n) is 5.18. The van der Waals surface area contributed by atoms with Crippen molar-refractivity contribution in [1.82, 2.24) is 0 Å². The zero-order valence-electron chi connectivity index (χ0n) is 8.86. The number of aldehydes is 1. The molecule has 0 N–H and O–H groups in total. The van der Waals surface area contributed by atoms with E-state index in [1.807, 2.05) is 24.3 Å². The van der Waals surface area contributed by atoms with Gasteiger partial charge in [0, 0.05) is 0 Å². The van der Waals surface area contributed by atoms with Crippen LogP contribution in [0, 0.1) is 0 Å². The van der Waals surface area contributed by atoms with Crippen LogP contribution in [0.3, 0.4) is 0 Å². The summed E-state index contributed by atoms with van der Waals surface area (Å²) in [6.45, 7) is 2.10. The number of hydrogen-bond donors (Lipinski definition) is 0. The highest BCUT2D eigenvalue weighted by Crippen LogP contribution is 2.26. The summed E-state index contributed by atoms with van der Waals surface area (Å²) in [5.74, 6) is 0. The van der Waals surface area contributed by atoms with Crippen LogP contribution in [0.2, 0.25) is 0 Å². The van der Waals surface area contributed by atoms with E-state index in [0.29, 0.717) is 0 Å². The lowest BCUT2D eigenvalue weighted by Crippen LogP contribution is -1.87. The van der Waals surface area contributed by atoms with E-state index in [9.17, 15) is 4.79 Å². The molecule has 0 radical (unpaired) electrons. The van der Waals surface area contributed by atoms with Gasteiger partial charge in [0.15, 0.2) is 0 Å². The van der Waals surface area contributed by atoms with E-state index in [4.69, 9.17) is 0 Å². The van der Waals surface area contributed by atoms with Gasteiger partial charge in [0.05, 0.1) is 0 Å². The average molecular weight is 198 g/mol. The molecule has 76 valence electrons. The van der Waals surface area contributed by atoms with Crippen molar-refractivity contribution in [3.8, 4) is 0 Å². The maximum Gasteiger partial charge on any atom is 0.146 e. The lowest BCUT2D eigenvalue weighted by molar-refractivity contribution is -0.104. The molecule has 0 heterocycles. The summed E-state index contributed by atoms with van der Waals surface area (Å²) >= 11 is 0. The summed E-state index contributed by atoms with van der Waals surface area (Å²) in [7, 11) is 0. The van der Waals surface area contributed by atoms with Gasteiger partial charge in [-0.25, -0.2) is 0 Å². The van der Waals surface area contributed by atoms with Gasteiger partial charge < -0.3 is 0 Å². The van der Waals surface area contributed by atoms with E-state index in [0.717, 1.165) is 24.7 Å². The number of hydrogen-bond acceptors (Lipinski definition) is 1. The molecule has 0 unspecified atom stereocenters. The first-order chi connectivity index (χ1) is 7.29.